The Kier molecular flexibility index (Phi) is 3.92. The second kappa shape index (κ2) is 6.01. The lowest BCUT2D eigenvalue weighted by Crippen LogP contribution is -2.05. The van der Waals surface area contributed by atoms with Gasteiger partial charge in [-0.2, -0.15) is 5.10 Å². The number of nitrogens with zero attached hydrogens (tertiary/aromatic N) is 3. The highest BCUT2D eigenvalue weighted by molar-refractivity contribution is 7.09. The van der Waals surface area contributed by atoms with E-state index in [4.69, 9.17) is 0 Å². The van der Waals surface area contributed by atoms with Crippen LogP contribution >= 0.6 is 11.3 Å². The van der Waals surface area contributed by atoms with E-state index in [1.54, 1.807) is 4.68 Å². The average Bonchev–Trinajstić information content (AvgIpc) is 3.09. The van der Waals surface area contributed by atoms with Crippen molar-refractivity contribution >= 4 is 17.1 Å². The summed E-state index contributed by atoms with van der Waals surface area (Å²) in [6.45, 7) is 0. The zero-order valence-corrected chi connectivity index (χ0v) is 12.5. The molecule has 21 heavy (non-hydrogen) atoms. The van der Waals surface area contributed by atoms with Crippen LogP contribution in [-0.2, 0) is 19.9 Å². The van der Waals surface area contributed by atoms with Gasteiger partial charge in [-0.1, -0.05) is 30.3 Å². The van der Waals surface area contributed by atoms with Gasteiger partial charge in [0, 0.05) is 25.0 Å². The van der Waals surface area contributed by atoms with Gasteiger partial charge in [0.1, 0.15) is 5.69 Å². The molecule has 1 aromatic carbocycles. The lowest BCUT2D eigenvalue weighted by atomic mass is 10.1. The van der Waals surface area contributed by atoms with Crippen molar-refractivity contribution in [3.05, 3.63) is 69.9 Å². The number of Topliss-reactive ketones (excluding diaryl/α,β-unsaturated/α-hetero) is 1. The Bertz CT molecular complexity index is 746. The Labute approximate surface area is 127 Å². The molecule has 0 radical (unpaired) electrons. The molecule has 0 saturated heterocycles. The monoisotopic (exact) mass is 297 g/mol. The Morgan fingerprint density at radius 1 is 1.24 bits per heavy atom. The molecule has 2 aromatic heterocycles. The van der Waals surface area contributed by atoms with Crippen molar-refractivity contribution in [2.75, 3.05) is 0 Å². The maximum atomic E-state index is 12.2. The molecule has 0 aliphatic rings. The Hall–Kier alpha value is -2.27. The van der Waals surface area contributed by atoms with Crippen molar-refractivity contribution in [1.82, 2.24) is 14.8 Å². The number of ketones is 1. The van der Waals surface area contributed by atoms with E-state index in [-0.39, 0.29) is 5.78 Å². The molecule has 0 aliphatic heterocycles. The molecular weight excluding hydrogens is 282 g/mol. The number of aromatic nitrogens is 3. The minimum Gasteiger partial charge on any atom is -0.292 e. The van der Waals surface area contributed by atoms with Gasteiger partial charge in [-0.25, -0.2) is 4.98 Å². The van der Waals surface area contributed by atoms with Crippen LogP contribution in [0.4, 0.5) is 0 Å². The molecule has 0 spiro atoms. The van der Waals surface area contributed by atoms with Gasteiger partial charge < -0.3 is 0 Å². The van der Waals surface area contributed by atoms with E-state index in [9.17, 15) is 4.79 Å². The number of hydrogen-bond donors (Lipinski definition) is 0. The van der Waals surface area contributed by atoms with Gasteiger partial charge in [0.25, 0.3) is 0 Å². The van der Waals surface area contributed by atoms with Gasteiger partial charge in [-0.05, 0) is 11.6 Å². The molecule has 5 heteroatoms. The standard InChI is InChI=1S/C16H15N3OS/c1-19-8-7-13(18-19)10-15(20)14-11-21-16(17-14)9-12-5-3-2-4-6-12/h2-8,11H,9-10H2,1H3. The average molecular weight is 297 g/mol. The molecule has 0 amide bonds. The Morgan fingerprint density at radius 2 is 2.05 bits per heavy atom. The van der Waals surface area contributed by atoms with Crippen LogP contribution in [0.15, 0.2) is 48.0 Å². The van der Waals surface area contributed by atoms with E-state index in [0.717, 1.165) is 17.1 Å². The molecule has 0 fully saturated rings. The SMILES string of the molecule is Cn1ccc(CC(=O)c2csc(Cc3ccccc3)n2)n1. The Morgan fingerprint density at radius 3 is 2.76 bits per heavy atom. The normalized spacial score (nSPS) is 10.7. The number of thiazole rings is 1. The van der Waals surface area contributed by atoms with Crippen molar-refractivity contribution in [3.8, 4) is 0 Å². The predicted octanol–water partition coefficient (Wildman–Crippen LogP) is 2.89. The van der Waals surface area contributed by atoms with E-state index in [0.29, 0.717) is 12.1 Å². The summed E-state index contributed by atoms with van der Waals surface area (Å²) >= 11 is 1.53. The fourth-order valence-corrected chi connectivity index (χ4v) is 2.94. The van der Waals surface area contributed by atoms with Gasteiger partial charge in [0.05, 0.1) is 17.1 Å². The van der Waals surface area contributed by atoms with Crippen molar-refractivity contribution in [1.29, 1.82) is 0 Å². The van der Waals surface area contributed by atoms with Crippen molar-refractivity contribution in [2.24, 2.45) is 7.05 Å². The summed E-state index contributed by atoms with van der Waals surface area (Å²) in [6.07, 6.45) is 2.90. The number of hydrogen-bond acceptors (Lipinski definition) is 4. The number of aryl methyl sites for hydroxylation is 1. The highest BCUT2D eigenvalue weighted by atomic mass is 32.1. The van der Waals surface area contributed by atoms with E-state index in [2.05, 4.69) is 22.2 Å². The first-order valence-electron chi connectivity index (χ1n) is 6.71. The summed E-state index contributed by atoms with van der Waals surface area (Å²) in [6, 6.07) is 12.0. The first-order chi connectivity index (χ1) is 10.2. The van der Waals surface area contributed by atoms with E-state index in [1.165, 1.54) is 16.9 Å². The fraction of sp³-hybridized carbons (Fsp3) is 0.188. The van der Waals surface area contributed by atoms with Crippen LogP contribution in [0.25, 0.3) is 0 Å². The molecule has 0 saturated carbocycles. The van der Waals surface area contributed by atoms with Crippen molar-refractivity contribution < 1.29 is 4.79 Å². The molecule has 3 aromatic rings. The largest absolute Gasteiger partial charge is 0.292 e. The molecule has 4 nitrogen and oxygen atoms in total. The lowest BCUT2D eigenvalue weighted by molar-refractivity contribution is 0.0987. The fourth-order valence-electron chi connectivity index (χ4n) is 2.10. The number of carbonyl (C=O) groups is 1. The minimum absolute atomic E-state index is 0.0178. The minimum atomic E-state index is 0.0178. The summed E-state index contributed by atoms with van der Waals surface area (Å²) in [4.78, 5) is 16.6. The number of carbonyl (C=O) groups excluding carboxylic acids is 1. The zero-order chi connectivity index (χ0) is 14.7. The van der Waals surface area contributed by atoms with Crippen LogP contribution in [0.5, 0.6) is 0 Å². The molecule has 0 unspecified atom stereocenters. The third-order valence-corrected chi connectivity index (χ3v) is 3.99. The zero-order valence-electron chi connectivity index (χ0n) is 11.7. The van der Waals surface area contributed by atoms with Crippen LogP contribution < -0.4 is 0 Å². The number of benzene rings is 1. The molecule has 0 aliphatic carbocycles. The molecular formula is C16H15N3OS. The molecule has 106 valence electrons. The highest BCUT2D eigenvalue weighted by Gasteiger charge is 2.13. The molecule has 0 N–H and O–H groups in total. The second-order valence-corrected chi connectivity index (χ2v) is 5.81. The topological polar surface area (TPSA) is 47.8 Å². The van der Waals surface area contributed by atoms with E-state index >= 15 is 0 Å². The summed E-state index contributed by atoms with van der Waals surface area (Å²) < 4.78 is 1.70. The third kappa shape index (κ3) is 3.44. The molecule has 3 rings (SSSR count). The van der Waals surface area contributed by atoms with Gasteiger partial charge in [0.15, 0.2) is 5.78 Å². The summed E-state index contributed by atoms with van der Waals surface area (Å²) in [7, 11) is 1.84. The van der Waals surface area contributed by atoms with Gasteiger partial charge in [0.2, 0.25) is 0 Å². The maximum absolute atomic E-state index is 12.2. The smallest absolute Gasteiger partial charge is 0.188 e. The Balaban J connectivity index is 1.68. The van der Waals surface area contributed by atoms with Gasteiger partial charge in [-0.15, -0.1) is 11.3 Å². The van der Waals surface area contributed by atoms with E-state index < -0.39 is 0 Å². The van der Waals surface area contributed by atoms with Crippen LogP contribution in [0.2, 0.25) is 0 Å². The van der Waals surface area contributed by atoms with Crippen LogP contribution in [0.1, 0.15) is 26.8 Å². The summed E-state index contributed by atoms with van der Waals surface area (Å²) in [5, 5.41) is 7.02. The summed E-state index contributed by atoms with van der Waals surface area (Å²) in [5.41, 5.74) is 2.52. The first-order valence-corrected chi connectivity index (χ1v) is 7.59. The highest BCUT2D eigenvalue weighted by Crippen LogP contribution is 2.16. The first kappa shape index (κ1) is 13.7. The summed E-state index contributed by atoms with van der Waals surface area (Å²) in [5.74, 6) is 0.0178. The van der Waals surface area contributed by atoms with Crippen LogP contribution in [-0.4, -0.2) is 20.5 Å². The lowest BCUT2D eigenvalue weighted by Gasteiger charge is -1.96. The number of rotatable bonds is 5. The van der Waals surface area contributed by atoms with Crippen molar-refractivity contribution in [2.45, 2.75) is 12.8 Å². The molecule has 0 atom stereocenters. The van der Waals surface area contributed by atoms with E-state index in [1.807, 2.05) is 42.9 Å². The van der Waals surface area contributed by atoms with Crippen molar-refractivity contribution in [3.63, 3.8) is 0 Å². The van der Waals surface area contributed by atoms with Crippen LogP contribution in [0.3, 0.4) is 0 Å². The predicted molar refractivity (Wildman–Crippen MR) is 82.6 cm³/mol. The maximum Gasteiger partial charge on any atom is 0.188 e. The third-order valence-electron chi connectivity index (χ3n) is 3.15. The quantitative estimate of drug-likeness (QED) is 0.680. The van der Waals surface area contributed by atoms with Crippen LogP contribution in [0, 0.1) is 0 Å². The van der Waals surface area contributed by atoms with Gasteiger partial charge in [-0.3, -0.25) is 9.48 Å². The second-order valence-electron chi connectivity index (χ2n) is 4.87. The van der Waals surface area contributed by atoms with Gasteiger partial charge >= 0.3 is 0 Å². The molecule has 0 bridgehead atoms. The molecule has 2 heterocycles.